The molecule has 0 aliphatic carbocycles. The zero-order valence-electron chi connectivity index (χ0n) is 34.8. The SMILES string of the molecule is CCCCC/C=C\C/C=C/CCCCCCCCN(CCCCN(CCCCCCCC/C=C/C/C=C\CCCCC)CC(O)CN)CC(O)CN. The van der Waals surface area contributed by atoms with Gasteiger partial charge in [0.2, 0.25) is 0 Å². The Morgan fingerprint density at radius 1 is 0.385 bits per heavy atom. The summed E-state index contributed by atoms with van der Waals surface area (Å²) in [5.74, 6) is 0. The Labute approximate surface area is 324 Å². The van der Waals surface area contributed by atoms with E-state index in [4.69, 9.17) is 11.5 Å². The third-order valence-corrected chi connectivity index (χ3v) is 10.0. The van der Waals surface area contributed by atoms with Crippen LogP contribution in [0.15, 0.2) is 48.6 Å². The Morgan fingerprint density at radius 2 is 0.654 bits per heavy atom. The first-order valence-electron chi connectivity index (χ1n) is 22.4. The van der Waals surface area contributed by atoms with Gasteiger partial charge in [0.05, 0.1) is 12.2 Å². The Balaban J connectivity index is 4.13. The second kappa shape index (κ2) is 42.5. The maximum atomic E-state index is 10.3. The molecule has 0 aliphatic heterocycles. The number of allylic oxidation sites excluding steroid dienone is 8. The molecule has 0 saturated heterocycles. The minimum Gasteiger partial charge on any atom is -0.390 e. The molecule has 6 heteroatoms. The Bertz CT molecular complexity index is 748. The quantitative estimate of drug-likeness (QED) is 0.0369. The number of unbranched alkanes of at least 4 members (excludes halogenated alkanes) is 19. The van der Waals surface area contributed by atoms with E-state index in [-0.39, 0.29) is 0 Å². The van der Waals surface area contributed by atoms with E-state index < -0.39 is 12.2 Å². The van der Waals surface area contributed by atoms with Crippen LogP contribution < -0.4 is 11.5 Å². The van der Waals surface area contributed by atoms with Crippen molar-refractivity contribution in [3.8, 4) is 0 Å². The smallest absolute Gasteiger partial charge is 0.0789 e. The van der Waals surface area contributed by atoms with Crippen LogP contribution >= 0.6 is 0 Å². The van der Waals surface area contributed by atoms with E-state index in [2.05, 4.69) is 72.3 Å². The van der Waals surface area contributed by atoms with Crippen molar-refractivity contribution >= 4 is 0 Å². The molecule has 0 fully saturated rings. The van der Waals surface area contributed by atoms with E-state index in [1.165, 1.54) is 141 Å². The molecule has 0 spiro atoms. The van der Waals surface area contributed by atoms with Gasteiger partial charge in [-0.15, -0.1) is 0 Å². The summed E-state index contributed by atoms with van der Waals surface area (Å²) in [6.45, 7) is 10.5. The van der Waals surface area contributed by atoms with Crippen LogP contribution in [0.2, 0.25) is 0 Å². The van der Waals surface area contributed by atoms with Crippen molar-refractivity contribution in [2.24, 2.45) is 11.5 Å². The van der Waals surface area contributed by atoms with E-state index in [0.29, 0.717) is 26.2 Å². The summed E-state index contributed by atoms with van der Waals surface area (Å²) < 4.78 is 0. The molecule has 0 heterocycles. The number of aliphatic hydroxyl groups excluding tert-OH is 2. The molecule has 0 aliphatic rings. The zero-order valence-corrected chi connectivity index (χ0v) is 34.8. The van der Waals surface area contributed by atoms with Gasteiger partial charge < -0.3 is 31.5 Å². The van der Waals surface area contributed by atoms with Gasteiger partial charge in [0.15, 0.2) is 0 Å². The van der Waals surface area contributed by atoms with Crippen LogP contribution in [0.3, 0.4) is 0 Å². The zero-order chi connectivity index (χ0) is 38.0. The summed E-state index contributed by atoms with van der Waals surface area (Å²) >= 11 is 0. The molecule has 6 nitrogen and oxygen atoms in total. The molecular weight excluding hydrogens is 641 g/mol. The summed E-state index contributed by atoms with van der Waals surface area (Å²) in [4.78, 5) is 4.84. The lowest BCUT2D eigenvalue weighted by molar-refractivity contribution is 0.107. The lowest BCUT2D eigenvalue weighted by atomic mass is 10.1. The van der Waals surface area contributed by atoms with Crippen LogP contribution in [0.1, 0.15) is 181 Å². The second-order valence-corrected chi connectivity index (χ2v) is 15.3. The third-order valence-electron chi connectivity index (χ3n) is 10.0. The van der Waals surface area contributed by atoms with E-state index in [1.807, 2.05) is 0 Å². The van der Waals surface area contributed by atoms with E-state index in [9.17, 15) is 10.2 Å². The molecule has 52 heavy (non-hydrogen) atoms. The number of hydrogen-bond acceptors (Lipinski definition) is 6. The number of aliphatic hydroxyl groups is 2. The highest BCUT2D eigenvalue weighted by Crippen LogP contribution is 2.12. The summed E-state index contributed by atoms with van der Waals surface area (Å²) in [5.41, 5.74) is 11.5. The molecule has 0 saturated carbocycles. The molecule has 0 aromatic rings. The van der Waals surface area contributed by atoms with Crippen LogP contribution in [0, 0.1) is 0 Å². The van der Waals surface area contributed by atoms with Gasteiger partial charge in [-0.25, -0.2) is 0 Å². The lowest BCUT2D eigenvalue weighted by Crippen LogP contribution is -2.39. The van der Waals surface area contributed by atoms with Crippen molar-refractivity contribution in [2.75, 3.05) is 52.4 Å². The maximum absolute atomic E-state index is 10.3. The van der Waals surface area contributed by atoms with Gasteiger partial charge in [-0.1, -0.05) is 140 Å². The number of nitrogens with two attached hydrogens (primary N) is 2. The van der Waals surface area contributed by atoms with Crippen LogP contribution in [0.5, 0.6) is 0 Å². The van der Waals surface area contributed by atoms with Crippen LogP contribution in [-0.4, -0.2) is 84.6 Å². The summed E-state index contributed by atoms with van der Waals surface area (Å²) in [5, 5.41) is 20.5. The van der Waals surface area contributed by atoms with Gasteiger partial charge in [-0.3, -0.25) is 0 Å². The van der Waals surface area contributed by atoms with Gasteiger partial charge in [-0.2, -0.15) is 0 Å². The molecule has 306 valence electrons. The standard InChI is InChI=1S/C46H90N4O2/c1-3-5-7-9-11-13-15-17-19-21-23-25-27-29-31-33-37-49(43-45(51)41-47)39-35-36-40-50(44-46(52)42-48)38-34-32-30-28-26-24-22-20-18-16-14-12-10-8-6-4-2/h11-14,17-20,45-46,51-52H,3-10,15-16,21-44,47-48H2,1-2H3/b13-11-,14-12-,19-17+,20-18+. The average Bonchev–Trinajstić information content (AvgIpc) is 3.15. The highest BCUT2D eigenvalue weighted by Gasteiger charge is 2.13. The first kappa shape index (κ1) is 50.7. The number of rotatable bonds is 41. The highest BCUT2D eigenvalue weighted by molar-refractivity contribution is 4.93. The minimum absolute atomic E-state index is 0.319. The fourth-order valence-electron chi connectivity index (χ4n) is 6.65. The summed E-state index contributed by atoms with van der Waals surface area (Å²) in [6.07, 6.45) is 50.2. The van der Waals surface area contributed by atoms with E-state index in [1.54, 1.807) is 0 Å². The average molecular weight is 731 g/mol. The van der Waals surface area contributed by atoms with Crippen LogP contribution in [0.25, 0.3) is 0 Å². The lowest BCUT2D eigenvalue weighted by Gasteiger charge is -2.27. The largest absolute Gasteiger partial charge is 0.390 e. The number of nitrogens with zero attached hydrogens (tertiary/aromatic N) is 2. The molecule has 6 N–H and O–H groups in total. The molecule has 2 atom stereocenters. The fourth-order valence-corrected chi connectivity index (χ4v) is 6.65. The first-order chi connectivity index (χ1) is 25.6. The normalized spacial score (nSPS) is 13.8. The molecule has 0 bridgehead atoms. The predicted octanol–water partition coefficient (Wildman–Crippen LogP) is 10.6. The molecule has 2 unspecified atom stereocenters. The first-order valence-corrected chi connectivity index (χ1v) is 22.4. The Hall–Kier alpha value is -1.28. The van der Waals surface area contributed by atoms with Crippen molar-refractivity contribution in [2.45, 2.75) is 193 Å². The molecule has 0 aromatic carbocycles. The maximum Gasteiger partial charge on any atom is 0.0789 e. The molecule has 0 radical (unpaired) electrons. The molecule has 0 aromatic heterocycles. The molecule has 0 rings (SSSR count). The van der Waals surface area contributed by atoms with Crippen molar-refractivity contribution in [1.82, 2.24) is 9.80 Å². The monoisotopic (exact) mass is 731 g/mol. The van der Waals surface area contributed by atoms with Gasteiger partial charge in [-0.05, 0) is 116 Å². The van der Waals surface area contributed by atoms with Gasteiger partial charge in [0.1, 0.15) is 0 Å². The van der Waals surface area contributed by atoms with Gasteiger partial charge >= 0.3 is 0 Å². The van der Waals surface area contributed by atoms with Crippen molar-refractivity contribution < 1.29 is 10.2 Å². The molecule has 0 amide bonds. The third kappa shape index (κ3) is 38.4. The van der Waals surface area contributed by atoms with E-state index in [0.717, 1.165) is 51.9 Å². The predicted molar refractivity (Wildman–Crippen MR) is 231 cm³/mol. The molecular formula is C46H90N4O2. The van der Waals surface area contributed by atoms with Crippen LogP contribution in [0.4, 0.5) is 0 Å². The fraction of sp³-hybridized carbons (Fsp3) is 0.826. The minimum atomic E-state index is -0.454. The Morgan fingerprint density at radius 3 is 0.962 bits per heavy atom. The van der Waals surface area contributed by atoms with Crippen molar-refractivity contribution in [3.63, 3.8) is 0 Å². The highest BCUT2D eigenvalue weighted by atomic mass is 16.3. The van der Waals surface area contributed by atoms with Crippen LogP contribution in [-0.2, 0) is 0 Å². The Kier molecular flexibility index (Phi) is 41.4. The van der Waals surface area contributed by atoms with Gasteiger partial charge in [0, 0.05) is 26.2 Å². The number of hydrogen-bond donors (Lipinski definition) is 4. The van der Waals surface area contributed by atoms with Crippen molar-refractivity contribution in [1.29, 1.82) is 0 Å². The van der Waals surface area contributed by atoms with Gasteiger partial charge in [0.25, 0.3) is 0 Å². The topological polar surface area (TPSA) is 99.0 Å². The second-order valence-electron chi connectivity index (χ2n) is 15.3. The summed E-state index contributed by atoms with van der Waals surface area (Å²) in [7, 11) is 0. The van der Waals surface area contributed by atoms with Crippen molar-refractivity contribution in [3.05, 3.63) is 48.6 Å². The van der Waals surface area contributed by atoms with E-state index >= 15 is 0 Å². The summed E-state index contributed by atoms with van der Waals surface area (Å²) in [6, 6.07) is 0.